The maximum atomic E-state index is 12.6. The number of rotatable bonds is 5. The summed E-state index contributed by atoms with van der Waals surface area (Å²) < 4.78 is 0. The molecule has 1 heterocycles. The van der Waals surface area contributed by atoms with Crippen LogP contribution in [-0.2, 0) is 11.3 Å². The van der Waals surface area contributed by atoms with E-state index >= 15 is 0 Å². The molecule has 1 fully saturated rings. The van der Waals surface area contributed by atoms with Crippen molar-refractivity contribution in [3.63, 3.8) is 0 Å². The lowest BCUT2D eigenvalue weighted by Gasteiger charge is -2.34. The Kier molecular flexibility index (Phi) is 5.51. The van der Waals surface area contributed by atoms with Crippen molar-refractivity contribution in [3.8, 4) is 0 Å². The van der Waals surface area contributed by atoms with Gasteiger partial charge in [-0.2, -0.15) is 0 Å². The molecular formula is C20H32N2O. The van der Waals surface area contributed by atoms with Crippen molar-refractivity contribution in [1.29, 1.82) is 0 Å². The molecule has 1 aromatic carbocycles. The second-order valence-corrected chi connectivity index (χ2v) is 8.82. The molecular weight excluding hydrogens is 284 g/mol. The van der Waals surface area contributed by atoms with Gasteiger partial charge in [-0.15, -0.1) is 0 Å². The number of carbonyl (C=O) groups is 1. The minimum absolute atomic E-state index is 0.123. The number of hydrogen-bond donors (Lipinski definition) is 1. The van der Waals surface area contributed by atoms with Crippen molar-refractivity contribution in [2.45, 2.75) is 59.5 Å². The Morgan fingerprint density at radius 1 is 1.17 bits per heavy atom. The van der Waals surface area contributed by atoms with Crippen LogP contribution in [0.3, 0.4) is 0 Å². The van der Waals surface area contributed by atoms with E-state index in [9.17, 15) is 4.79 Å². The largest absolute Gasteiger partial charge is 0.351 e. The summed E-state index contributed by atoms with van der Waals surface area (Å²) >= 11 is 0. The summed E-state index contributed by atoms with van der Waals surface area (Å²) in [6.07, 6.45) is 1.94. The SMILES string of the molecule is CC(C)(C)CC(C)(C)NC(=O)C1CCN(Cc2ccccc2)C1. The molecule has 1 aliphatic heterocycles. The first-order valence-electron chi connectivity index (χ1n) is 8.73. The van der Waals surface area contributed by atoms with Gasteiger partial charge in [-0.25, -0.2) is 0 Å². The predicted octanol–water partition coefficient (Wildman–Crippen LogP) is 3.84. The molecule has 0 bridgehead atoms. The Labute approximate surface area is 141 Å². The lowest BCUT2D eigenvalue weighted by Crippen LogP contribution is -2.48. The van der Waals surface area contributed by atoms with Gasteiger partial charge in [0.15, 0.2) is 0 Å². The average molecular weight is 316 g/mol. The van der Waals surface area contributed by atoms with Crippen LogP contribution in [0.5, 0.6) is 0 Å². The zero-order chi connectivity index (χ0) is 17.1. The molecule has 1 saturated heterocycles. The normalized spacial score (nSPS) is 19.8. The molecule has 1 aromatic rings. The third kappa shape index (κ3) is 5.98. The molecule has 3 nitrogen and oxygen atoms in total. The van der Waals surface area contributed by atoms with Crippen LogP contribution in [0.15, 0.2) is 30.3 Å². The molecule has 128 valence electrons. The fraction of sp³-hybridized carbons (Fsp3) is 0.650. The standard InChI is InChI=1S/C20H32N2O/c1-19(2,3)15-20(4,5)21-18(23)17-11-12-22(14-17)13-16-9-7-6-8-10-16/h6-10,17H,11-15H2,1-5H3,(H,21,23). The molecule has 1 atom stereocenters. The van der Waals surface area contributed by atoms with E-state index in [2.05, 4.69) is 69.1 Å². The van der Waals surface area contributed by atoms with Crippen LogP contribution in [-0.4, -0.2) is 29.4 Å². The molecule has 0 radical (unpaired) electrons. The third-order valence-electron chi connectivity index (χ3n) is 4.33. The second kappa shape index (κ2) is 7.04. The van der Waals surface area contributed by atoms with E-state index in [0.29, 0.717) is 0 Å². The van der Waals surface area contributed by atoms with Crippen LogP contribution in [0.1, 0.15) is 53.0 Å². The first kappa shape index (κ1) is 18.0. The number of amides is 1. The van der Waals surface area contributed by atoms with E-state index in [1.54, 1.807) is 0 Å². The van der Waals surface area contributed by atoms with Crippen LogP contribution < -0.4 is 5.32 Å². The van der Waals surface area contributed by atoms with E-state index in [1.165, 1.54) is 5.56 Å². The van der Waals surface area contributed by atoms with Crippen molar-refractivity contribution in [2.24, 2.45) is 11.3 Å². The highest BCUT2D eigenvalue weighted by atomic mass is 16.2. The highest BCUT2D eigenvalue weighted by Crippen LogP contribution is 2.28. The van der Waals surface area contributed by atoms with Gasteiger partial charge in [-0.1, -0.05) is 51.1 Å². The molecule has 1 aliphatic rings. The van der Waals surface area contributed by atoms with E-state index in [0.717, 1.165) is 32.5 Å². The lowest BCUT2D eigenvalue weighted by atomic mass is 9.81. The van der Waals surface area contributed by atoms with Gasteiger partial charge in [-0.05, 0) is 44.2 Å². The summed E-state index contributed by atoms with van der Waals surface area (Å²) in [5.74, 6) is 0.341. The van der Waals surface area contributed by atoms with Crippen LogP contribution >= 0.6 is 0 Å². The van der Waals surface area contributed by atoms with Gasteiger partial charge in [-0.3, -0.25) is 9.69 Å². The van der Waals surface area contributed by atoms with Crippen LogP contribution in [0.4, 0.5) is 0 Å². The zero-order valence-corrected chi connectivity index (χ0v) is 15.4. The molecule has 1 N–H and O–H groups in total. The smallest absolute Gasteiger partial charge is 0.224 e. The summed E-state index contributed by atoms with van der Waals surface area (Å²) in [6.45, 7) is 13.7. The van der Waals surface area contributed by atoms with E-state index < -0.39 is 0 Å². The number of nitrogens with one attached hydrogen (secondary N) is 1. The van der Waals surface area contributed by atoms with Crippen molar-refractivity contribution in [2.75, 3.05) is 13.1 Å². The minimum Gasteiger partial charge on any atom is -0.351 e. The highest BCUT2D eigenvalue weighted by Gasteiger charge is 2.33. The first-order chi connectivity index (χ1) is 10.6. The highest BCUT2D eigenvalue weighted by molar-refractivity contribution is 5.79. The molecule has 0 aromatic heterocycles. The number of likely N-dealkylation sites (tertiary alicyclic amines) is 1. The maximum absolute atomic E-state index is 12.6. The molecule has 0 aliphatic carbocycles. The monoisotopic (exact) mass is 316 g/mol. The molecule has 3 heteroatoms. The first-order valence-corrected chi connectivity index (χ1v) is 8.73. The van der Waals surface area contributed by atoms with Gasteiger partial charge in [0.1, 0.15) is 0 Å². The van der Waals surface area contributed by atoms with E-state index in [4.69, 9.17) is 0 Å². The van der Waals surface area contributed by atoms with Gasteiger partial charge >= 0.3 is 0 Å². The zero-order valence-electron chi connectivity index (χ0n) is 15.4. The Hall–Kier alpha value is -1.35. The number of hydrogen-bond acceptors (Lipinski definition) is 2. The summed E-state index contributed by atoms with van der Waals surface area (Å²) in [5, 5.41) is 3.27. The van der Waals surface area contributed by atoms with E-state index in [1.807, 2.05) is 6.07 Å². The van der Waals surface area contributed by atoms with Crippen molar-refractivity contribution in [3.05, 3.63) is 35.9 Å². The Bertz CT molecular complexity index is 516. The van der Waals surface area contributed by atoms with Gasteiger partial charge < -0.3 is 5.32 Å². The topological polar surface area (TPSA) is 32.3 Å². The molecule has 2 rings (SSSR count). The minimum atomic E-state index is -0.151. The van der Waals surface area contributed by atoms with Gasteiger partial charge in [0.2, 0.25) is 5.91 Å². The molecule has 23 heavy (non-hydrogen) atoms. The Morgan fingerprint density at radius 2 is 1.83 bits per heavy atom. The Balaban J connectivity index is 1.85. The van der Waals surface area contributed by atoms with Gasteiger partial charge in [0.05, 0.1) is 5.92 Å². The molecule has 0 saturated carbocycles. The fourth-order valence-electron chi connectivity index (χ4n) is 3.84. The number of nitrogens with zero attached hydrogens (tertiary/aromatic N) is 1. The summed E-state index contributed by atoms with van der Waals surface area (Å²) in [7, 11) is 0. The molecule has 1 unspecified atom stereocenters. The summed E-state index contributed by atoms with van der Waals surface area (Å²) in [5.41, 5.74) is 1.38. The van der Waals surface area contributed by atoms with Crippen LogP contribution in [0, 0.1) is 11.3 Å². The summed E-state index contributed by atoms with van der Waals surface area (Å²) in [6, 6.07) is 10.5. The molecule has 1 amide bonds. The number of benzene rings is 1. The van der Waals surface area contributed by atoms with Gasteiger partial charge in [0.25, 0.3) is 0 Å². The van der Waals surface area contributed by atoms with Crippen LogP contribution in [0.2, 0.25) is 0 Å². The van der Waals surface area contributed by atoms with Gasteiger partial charge in [0, 0.05) is 18.6 Å². The van der Waals surface area contributed by atoms with Crippen molar-refractivity contribution in [1.82, 2.24) is 10.2 Å². The molecule has 0 spiro atoms. The van der Waals surface area contributed by atoms with Crippen molar-refractivity contribution < 1.29 is 4.79 Å². The average Bonchev–Trinajstić information content (AvgIpc) is 2.85. The third-order valence-corrected chi connectivity index (χ3v) is 4.33. The van der Waals surface area contributed by atoms with Crippen molar-refractivity contribution >= 4 is 5.91 Å². The summed E-state index contributed by atoms with van der Waals surface area (Å²) in [4.78, 5) is 15.0. The fourth-order valence-corrected chi connectivity index (χ4v) is 3.84. The van der Waals surface area contributed by atoms with Crippen LogP contribution in [0.25, 0.3) is 0 Å². The maximum Gasteiger partial charge on any atom is 0.224 e. The second-order valence-electron chi connectivity index (χ2n) is 8.82. The lowest BCUT2D eigenvalue weighted by molar-refractivity contribution is -0.126. The number of carbonyl (C=O) groups excluding carboxylic acids is 1. The predicted molar refractivity (Wildman–Crippen MR) is 96.1 cm³/mol. The quantitative estimate of drug-likeness (QED) is 0.895. The van der Waals surface area contributed by atoms with E-state index in [-0.39, 0.29) is 22.8 Å². The Morgan fingerprint density at radius 3 is 2.43 bits per heavy atom.